The molecule has 5 rings (SSSR count). The first-order chi connectivity index (χ1) is 18.5. The van der Waals surface area contributed by atoms with Crippen LogP contribution in [0.25, 0.3) is 0 Å². The van der Waals surface area contributed by atoms with E-state index in [0.717, 1.165) is 75.0 Å². The zero-order chi connectivity index (χ0) is 28.1. The van der Waals surface area contributed by atoms with Crippen LogP contribution in [0.2, 0.25) is 0 Å². The smallest absolute Gasteiger partial charge is 0.222 e. The van der Waals surface area contributed by atoms with Gasteiger partial charge in [-0.3, -0.25) is 9.59 Å². The van der Waals surface area contributed by atoms with Crippen LogP contribution in [0.1, 0.15) is 118 Å². The highest BCUT2D eigenvalue weighted by Gasteiger charge is 2.59. The van der Waals surface area contributed by atoms with E-state index in [9.17, 15) is 14.7 Å². The molecule has 5 aliphatic rings. The Morgan fingerprint density at radius 2 is 1.62 bits per heavy atom. The number of hydrogen-bond donors (Lipinski definition) is 1. The number of nitrogens with zero attached hydrogens (tertiary/aromatic N) is 2. The fourth-order valence-corrected chi connectivity index (χ4v) is 10.6. The zero-order valence-corrected chi connectivity index (χ0v) is 25.8. The highest BCUT2D eigenvalue weighted by atomic mass is 16.3. The van der Waals surface area contributed by atoms with Crippen LogP contribution in [0.15, 0.2) is 11.6 Å². The Morgan fingerprint density at radius 1 is 0.949 bits per heavy atom. The summed E-state index contributed by atoms with van der Waals surface area (Å²) in [4.78, 5) is 28.9. The lowest BCUT2D eigenvalue weighted by atomic mass is 9.47. The van der Waals surface area contributed by atoms with Gasteiger partial charge >= 0.3 is 0 Å². The van der Waals surface area contributed by atoms with Gasteiger partial charge in [0.05, 0.1) is 6.10 Å². The van der Waals surface area contributed by atoms with Gasteiger partial charge in [0.2, 0.25) is 11.8 Å². The van der Waals surface area contributed by atoms with E-state index in [1.54, 1.807) is 12.5 Å². The number of hydrogen-bond acceptors (Lipinski definition) is 3. The average Bonchev–Trinajstić information content (AvgIpc) is 3.28. The molecule has 8 atom stereocenters. The SMILES string of the molecule is CC(=O)N(C)[C@H]1CC[C@H](N(C)C(=O)CC[C@@H](C)[C@H]2CC[C@H]3[C@@H]4CC=C5C[C@@H](O)CC[C@]5(C)[C@H]4CC[C@]23C)CC1. The molecule has 0 heterocycles. The second-order valence-electron chi connectivity index (χ2n) is 15.0. The van der Waals surface area contributed by atoms with Gasteiger partial charge in [0.1, 0.15) is 0 Å². The molecule has 2 amide bonds. The predicted octanol–water partition coefficient (Wildman–Crippen LogP) is 6.59. The third-order valence-corrected chi connectivity index (χ3v) is 13.3. The molecule has 0 unspecified atom stereocenters. The van der Waals surface area contributed by atoms with Crippen LogP contribution in [-0.4, -0.2) is 59.0 Å². The van der Waals surface area contributed by atoms with Crippen molar-refractivity contribution in [2.75, 3.05) is 14.1 Å². The maximum atomic E-state index is 13.3. The molecule has 39 heavy (non-hydrogen) atoms. The fraction of sp³-hybridized carbons (Fsp3) is 0.882. The summed E-state index contributed by atoms with van der Waals surface area (Å²) in [7, 11) is 3.92. The number of allylic oxidation sites excluding steroid dienone is 1. The number of fused-ring (bicyclic) bond motifs is 5. The molecule has 4 saturated carbocycles. The van der Waals surface area contributed by atoms with Crippen molar-refractivity contribution in [3.63, 3.8) is 0 Å². The molecule has 220 valence electrons. The number of aliphatic hydroxyl groups excluding tert-OH is 1. The first-order valence-corrected chi connectivity index (χ1v) is 16.3. The van der Waals surface area contributed by atoms with Gasteiger partial charge in [-0.25, -0.2) is 0 Å². The molecule has 4 fully saturated rings. The van der Waals surface area contributed by atoms with Crippen LogP contribution in [0.5, 0.6) is 0 Å². The van der Waals surface area contributed by atoms with Gasteiger partial charge in [0, 0.05) is 39.5 Å². The van der Waals surface area contributed by atoms with Gasteiger partial charge in [-0.2, -0.15) is 0 Å². The molecule has 1 N–H and O–H groups in total. The first-order valence-electron chi connectivity index (χ1n) is 16.3. The standard InChI is InChI=1S/C34H56N2O3/c1-22(7-16-32(39)36(6)26-11-9-25(10-12-26)35(5)23(2)37)29-14-15-30-28-13-8-24-21-27(38)17-19-33(24,3)31(28)18-20-34(29,30)4/h8,22,25-31,38H,7,9-21H2,1-6H3/t22-,25-,26-,27+,28+,29-,30+,31+,33+,34-/m1/s1. The van der Waals surface area contributed by atoms with E-state index in [4.69, 9.17) is 0 Å². The maximum absolute atomic E-state index is 13.3. The van der Waals surface area contributed by atoms with Crippen molar-refractivity contribution in [2.24, 2.45) is 40.4 Å². The lowest BCUT2D eigenvalue weighted by Crippen LogP contribution is -2.50. The summed E-state index contributed by atoms with van der Waals surface area (Å²) in [6.45, 7) is 9.21. The monoisotopic (exact) mass is 540 g/mol. The minimum absolute atomic E-state index is 0.128. The summed E-state index contributed by atoms with van der Waals surface area (Å²) in [6.07, 6.45) is 17.7. The third kappa shape index (κ3) is 5.24. The van der Waals surface area contributed by atoms with E-state index in [1.165, 1.54) is 32.1 Å². The van der Waals surface area contributed by atoms with Crippen molar-refractivity contribution in [3.8, 4) is 0 Å². The summed E-state index contributed by atoms with van der Waals surface area (Å²) in [5, 5.41) is 10.3. The summed E-state index contributed by atoms with van der Waals surface area (Å²) in [5.74, 6) is 4.17. The molecule has 5 nitrogen and oxygen atoms in total. The van der Waals surface area contributed by atoms with Crippen LogP contribution < -0.4 is 0 Å². The topological polar surface area (TPSA) is 60.9 Å². The van der Waals surface area contributed by atoms with E-state index >= 15 is 0 Å². The molecule has 5 aliphatic carbocycles. The van der Waals surface area contributed by atoms with Crippen molar-refractivity contribution in [1.82, 2.24) is 9.80 Å². The van der Waals surface area contributed by atoms with Crippen LogP contribution in [0.3, 0.4) is 0 Å². The molecule has 0 radical (unpaired) electrons. The van der Waals surface area contributed by atoms with E-state index in [1.807, 2.05) is 23.9 Å². The Labute approximate surface area is 238 Å². The molecular weight excluding hydrogens is 484 g/mol. The molecule has 0 aromatic heterocycles. The summed E-state index contributed by atoms with van der Waals surface area (Å²) >= 11 is 0. The van der Waals surface area contributed by atoms with Gasteiger partial charge in [-0.1, -0.05) is 32.4 Å². The normalized spacial score (nSPS) is 42.4. The molecule has 0 spiro atoms. The van der Waals surface area contributed by atoms with Gasteiger partial charge in [0.25, 0.3) is 0 Å². The van der Waals surface area contributed by atoms with E-state index in [-0.39, 0.29) is 12.0 Å². The number of rotatable bonds is 6. The third-order valence-electron chi connectivity index (χ3n) is 13.3. The molecule has 0 bridgehead atoms. The number of carbonyl (C=O) groups is 2. The number of aliphatic hydroxyl groups is 1. The molecule has 0 aromatic rings. The van der Waals surface area contributed by atoms with Crippen LogP contribution in [-0.2, 0) is 9.59 Å². The van der Waals surface area contributed by atoms with Gasteiger partial charge in [0.15, 0.2) is 0 Å². The van der Waals surface area contributed by atoms with Crippen molar-refractivity contribution < 1.29 is 14.7 Å². The Bertz CT molecular complexity index is 954. The van der Waals surface area contributed by atoms with Crippen LogP contribution in [0, 0.1) is 40.4 Å². The minimum Gasteiger partial charge on any atom is -0.393 e. The lowest BCUT2D eigenvalue weighted by Gasteiger charge is -2.58. The van der Waals surface area contributed by atoms with Crippen LogP contribution >= 0.6 is 0 Å². The summed E-state index contributed by atoms with van der Waals surface area (Å²) < 4.78 is 0. The van der Waals surface area contributed by atoms with Crippen molar-refractivity contribution in [1.29, 1.82) is 0 Å². The zero-order valence-electron chi connectivity index (χ0n) is 25.8. The first kappa shape index (κ1) is 29.1. The largest absolute Gasteiger partial charge is 0.393 e. The van der Waals surface area contributed by atoms with Crippen molar-refractivity contribution in [3.05, 3.63) is 11.6 Å². The lowest BCUT2D eigenvalue weighted by molar-refractivity contribution is -0.135. The molecule has 0 saturated heterocycles. The second kappa shape index (κ2) is 11.1. The van der Waals surface area contributed by atoms with Gasteiger partial charge in [-0.15, -0.1) is 0 Å². The van der Waals surface area contributed by atoms with E-state index in [2.05, 4.69) is 26.8 Å². The molecule has 0 aromatic carbocycles. The van der Waals surface area contributed by atoms with Gasteiger partial charge in [-0.05, 0) is 124 Å². The second-order valence-corrected chi connectivity index (χ2v) is 15.0. The van der Waals surface area contributed by atoms with Crippen LogP contribution in [0.4, 0.5) is 0 Å². The molecular formula is C34H56N2O3. The molecule has 0 aliphatic heterocycles. The number of carbonyl (C=O) groups excluding carboxylic acids is 2. The van der Waals surface area contributed by atoms with Crippen molar-refractivity contribution >= 4 is 11.8 Å². The maximum Gasteiger partial charge on any atom is 0.222 e. The Hall–Kier alpha value is -1.36. The highest BCUT2D eigenvalue weighted by molar-refractivity contribution is 5.76. The Balaban J connectivity index is 1.15. The summed E-state index contributed by atoms with van der Waals surface area (Å²) in [6, 6.07) is 0.645. The number of amides is 2. The van der Waals surface area contributed by atoms with Crippen molar-refractivity contribution in [2.45, 2.75) is 136 Å². The Morgan fingerprint density at radius 3 is 2.28 bits per heavy atom. The van der Waals surface area contributed by atoms with Gasteiger partial charge < -0.3 is 14.9 Å². The fourth-order valence-electron chi connectivity index (χ4n) is 10.6. The van der Waals surface area contributed by atoms with E-state index < -0.39 is 0 Å². The highest BCUT2D eigenvalue weighted by Crippen LogP contribution is 2.67. The van der Waals surface area contributed by atoms with E-state index in [0.29, 0.717) is 41.2 Å². The Kier molecular flexibility index (Phi) is 8.32. The molecule has 5 heteroatoms. The quantitative estimate of drug-likeness (QED) is 0.387. The predicted molar refractivity (Wildman–Crippen MR) is 157 cm³/mol. The minimum atomic E-state index is -0.128. The summed E-state index contributed by atoms with van der Waals surface area (Å²) in [5.41, 5.74) is 2.29. The average molecular weight is 541 g/mol.